The normalized spacial score (nSPS) is 22.2. The van der Waals surface area contributed by atoms with Crippen molar-refractivity contribution in [2.75, 3.05) is 5.32 Å². The molecule has 1 fully saturated rings. The fourth-order valence-electron chi connectivity index (χ4n) is 3.38. The van der Waals surface area contributed by atoms with Gasteiger partial charge in [-0.1, -0.05) is 0 Å². The maximum atomic E-state index is 14.3. The SMILES string of the molecule is CC1(O)CC(Nc2nnc(-c3c(O)cc(F)cc3F)c3ccncc23)C1. The lowest BCUT2D eigenvalue weighted by atomic mass is 9.77. The Labute approximate surface area is 147 Å². The van der Waals surface area contributed by atoms with Crippen LogP contribution in [-0.4, -0.2) is 37.0 Å². The fourth-order valence-corrected chi connectivity index (χ4v) is 3.38. The third kappa shape index (κ3) is 2.82. The summed E-state index contributed by atoms with van der Waals surface area (Å²) in [5.74, 6) is -1.89. The number of hydrogen-bond acceptors (Lipinski definition) is 6. The molecule has 0 radical (unpaired) electrons. The molecule has 0 bridgehead atoms. The second-order valence-electron chi connectivity index (χ2n) is 6.85. The van der Waals surface area contributed by atoms with Crippen LogP contribution in [0, 0.1) is 11.6 Å². The standard InChI is InChI=1S/C18H16F2N4O2/c1-18(26)6-10(7-18)22-17-12-8-21-3-2-11(12)16(23-24-17)15-13(20)4-9(19)5-14(15)25/h2-5,8,10,25-26H,6-7H2,1H3,(H,22,24). The van der Waals surface area contributed by atoms with E-state index in [0.717, 1.165) is 6.07 Å². The molecule has 3 aromatic rings. The van der Waals surface area contributed by atoms with Crippen molar-refractivity contribution in [3.05, 3.63) is 42.2 Å². The molecule has 0 unspecified atom stereocenters. The van der Waals surface area contributed by atoms with Crippen molar-refractivity contribution in [3.8, 4) is 17.0 Å². The largest absolute Gasteiger partial charge is 0.507 e. The van der Waals surface area contributed by atoms with Crippen molar-refractivity contribution in [3.63, 3.8) is 0 Å². The molecule has 0 spiro atoms. The third-order valence-corrected chi connectivity index (χ3v) is 4.57. The van der Waals surface area contributed by atoms with Crippen LogP contribution in [0.2, 0.25) is 0 Å². The zero-order chi connectivity index (χ0) is 18.5. The van der Waals surface area contributed by atoms with Gasteiger partial charge in [-0.2, -0.15) is 0 Å². The summed E-state index contributed by atoms with van der Waals surface area (Å²) in [7, 11) is 0. The monoisotopic (exact) mass is 358 g/mol. The first-order valence-corrected chi connectivity index (χ1v) is 8.12. The predicted octanol–water partition coefficient (Wildman–Crippen LogP) is 3.00. The molecule has 4 rings (SSSR count). The van der Waals surface area contributed by atoms with Crippen LogP contribution in [0.3, 0.4) is 0 Å². The molecule has 0 aliphatic heterocycles. The Morgan fingerprint density at radius 3 is 2.65 bits per heavy atom. The maximum absolute atomic E-state index is 14.3. The number of aromatic nitrogens is 3. The number of nitrogens with one attached hydrogen (secondary N) is 1. The van der Waals surface area contributed by atoms with Crippen LogP contribution < -0.4 is 5.32 Å². The van der Waals surface area contributed by atoms with E-state index in [1.54, 1.807) is 19.2 Å². The molecular formula is C18H16F2N4O2. The molecule has 1 aromatic carbocycles. The van der Waals surface area contributed by atoms with Crippen LogP contribution >= 0.6 is 0 Å². The average Bonchev–Trinajstić information content (AvgIpc) is 2.54. The number of halogens is 2. The number of hydrogen-bond donors (Lipinski definition) is 3. The van der Waals surface area contributed by atoms with Gasteiger partial charge in [-0.3, -0.25) is 4.98 Å². The zero-order valence-electron chi connectivity index (χ0n) is 13.9. The predicted molar refractivity (Wildman–Crippen MR) is 91.6 cm³/mol. The summed E-state index contributed by atoms with van der Waals surface area (Å²) >= 11 is 0. The first-order valence-electron chi connectivity index (χ1n) is 8.12. The molecule has 8 heteroatoms. The average molecular weight is 358 g/mol. The van der Waals surface area contributed by atoms with Crippen LogP contribution in [0.1, 0.15) is 19.8 Å². The molecule has 6 nitrogen and oxygen atoms in total. The van der Waals surface area contributed by atoms with Crippen molar-refractivity contribution in [1.82, 2.24) is 15.2 Å². The minimum atomic E-state index is -0.925. The van der Waals surface area contributed by atoms with Crippen LogP contribution in [0.5, 0.6) is 5.75 Å². The van der Waals surface area contributed by atoms with E-state index in [1.165, 1.54) is 6.20 Å². The quantitative estimate of drug-likeness (QED) is 0.667. The number of phenolic OH excluding ortho intramolecular Hbond substituents is 1. The van der Waals surface area contributed by atoms with Crippen LogP contribution in [0.25, 0.3) is 22.0 Å². The highest BCUT2D eigenvalue weighted by atomic mass is 19.1. The molecule has 1 aliphatic rings. The Bertz CT molecular complexity index is 979. The van der Waals surface area contributed by atoms with E-state index in [1.807, 2.05) is 0 Å². The summed E-state index contributed by atoms with van der Waals surface area (Å²) in [5, 5.41) is 32.3. The molecule has 3 N–H and O–H groups in total. The second kappa shape index (κ2) is 5.84. The Balaban J connectivity index is 1.81. The van der Waals surface area contributed by atoms with E-state index in [-0.39, 0.29) is 17.3 Å². The van der Waals surface area contributed by atoms with E-state index < -0.39 is 23.0 Å². The Kier molecular flexibility index (Phi) is 3.73. The molecule has 0 amide bonds. The summed E-state index contributed by atoms with van der Waals surface area (Å²) < 4.78 is 27.5. The van der Waals surface area contributed by atoms with E-state index in [9.17, 15) is 19.0 Å². The van der Waals surface area contributed by atoms with E-state index >= 15 is 0 Å². The van der Waals surface area contributed by atoms with Crippen molar-refractivity contribution in [2.24, 2.45) is 0 Å². The molecule has 134 valence electrons. The van der Waals surface area contributed by atoms with Gasteiger partial charge in [0.05, 0.1) is 11.2 Å². The van der Waals surface area contributed by atoms with Gasteiger partial charge in [0.15, 0.2) is 5.82 Å². The number of fused-ring (bicyclic) bond motifs is 1. The van der Waals surface area contributed by atoms with E-state index in [4.69, 9.17) is 0 Å². The van der Waals surface area contributed by atoms with Gasteiger partial charge in [-0.05, 0) is 25.8 Å². The number of aliphatic hydroxyl groups is 1. The second-order valence-corrected chi connectivity index (χ2v) is 6.85. The summed E-state index contributed by atoms with van der Waals surface area (Å²) in [6.07, 6.45) is 4.23. The molecule has 26 heavy (non-hydrogen) atoms. The van der Waals surface area contributed by atoms with Crippen molar-refractivity contribution in [1.29, 1.82) is 0 Å². The van der Waals surface area contributed by atoms with Gasteiger partial charge < -0.3 is 15.5 Å². The minimum Gasteiger partial charge on any atom is -0.507 e. The lowest BCUT2D eigenvalue weighted by Crippen LogP contribution is -2.48. The Hall–Kier alpha value is -2.87. The number of rotatable bonds is 3. The Morgan fingerprint density at radius 1 is 1.19 bits per heavy atom. The number of pyridine rings is 1. The van der Waals surface area contributed by atoms with Gasteiger partial charge in [0.25, 0.3) is 0 Å². The first kappa shape index (κ1) is 16.6. The highest BCUT2D eigenvalue weighted by molar-refractivity contribution is 6.00. The fraction of sp³-hybridized carbons (Fsp3) is 0.278. The molecule has 0 saturated heterocycles. The van der Waals surface area contributed by atoms with Crippen molar-refractivity contribution >= 4 is 16.6 Å². The van der Waals surface area contributed by atoms with E-state index in [0.29, 0.717) is 35.5 Å². The number of aromatic hydroxyl groups is 1. The van der Waals surface area contributed by atoms with Crippen molar-refractivity contribution in [2.45, 2.75) is 31.4 Å². The number of phenols is 1. The molecule has 2 heterocycles. The lowest BCUT2D eigenvalue weighted by Gasteiger charge is -2.41. The number of benzene rings is 1. The summed E-state index contributed by atoms with van der Waals surface area (Å²) in [4.78, 5) is 4.07. The topological polar surface area (TPSA) is 91.2 Å². The maximum Gasteiger partial charge on any atom is 0.158 e. The molecular weight excluding hydrogens is 342 g/mol. The molecule has 1 saturated carbocycles. The van der Waals surface area contributed by atoms with Gasteiger partial charge in [0.2, 0.25) is 0 Å². The Morgan fingerprint density at radius 2 is 1.96 bits per heavy atom. The van der Waals surface area contributed by atoms with E-state index in [2.05, 4.69) is 20.5 Å². The first-order chi connectivity index (χ1) is 12.3. The summed E-state index contributed by atoms with van der Waals surface area (Å²) in [6.45, 7) is 1.76. The van der Waals surface area contributed by atoms with Crippen LogP contribution in [0.15, 0.2) is 30.6 Å². The van der Waals surface area contributed by atoms with Crippen LogP contribution in [0.4, 0.5) is 14.6 Å². The van der Waals surface area contributed by atoms with Gasteiger partial charge >= 0.3 is 0 Å². The van der Waals surface area contributed by atoms with Gasteiger partial charge in [-0.15, -0.1) is 10.2 Å². The minimum absolute atomic E-state index is 0.0458. The lowest BCUT2D eigenvalue weighted by molar-refractivity contribution is -0.0235. The summed E-state index contributed by atoms with van der Waals surface area (Å²) in [6, 6.07) is 3.19. The highest BCUT2D eigenvalue weighted by Crippen LogP contribution is 2.38. The summed E-state index contributed by atoms with van der Waals surface area (Å²) in [5.41, 5.74) is -0.806. The number of anilines is 1. The third-order valence-electron chi connectivity index (χ3n) is 4.57. The highest BCUT2D eigenvalue weighted by Gasteiger charge is 2.38. The smallest absolute Gasteiger partial charge is 0.158 e. The van der Waals surface area contributed by atoms with Gasteiger partial charge in [-0.25, -0.2) is 8.78 Å². The molecule has 2 aromatic heterocycles. The van der Waals surface area contributed by atoms with Crippen molar-refractivity contribution < 1.29 is 19.0 Å². The van der Waals surface area contributed by atoms with Gasteiger partial charge in [0, 0.05) is 41.3 Å². The van der Waals surface area contributed by atoms with Crippen LogP contribution in [-0.2, 0) is 0 Å². The number of nitrogens with zero attached hydrogens (tertiary/aromatic N) is 3. The molecule has 1 aliphatic carbocycles. The zero-order valence-corrected chi connectivity index (χ0v) is 13.9. The molecule has 0 atom stereocenters. The van der Waals surface area contributed by atoms with Gasteiger partial charge in [0.1, 0.15) is 23.1 Å².